The lowest BCUT2D eigenvalue weighted by Gasteiger charge is -2.41. The van der Waals surface area contributed by atoms with E-state index in [2.05, 4.69) is 15.6 Å². The lowest BCUT2D eigenvalue weighted by atomic mass is 9.91. The van der Waals surface area contributed by atoms with Crippen LogP contribution in [0.25, 0.3) is 10.9 Å². The molecule has 1 amide bonds. The quantitative estimate of drug-likeness (QED) is 0.725. The van der Waals surface area contributed by atoms with Crippen molar-refractivity contribution in [2.45, 2.75) is 30.7 Å². The van der Waals surface area contributed by atoms with E-state index >= 15 is 0 Å². The molecule has 2 aliphatic heterocycles. The molecule has 4 rings (SSSR count). The summed E-state index contributed by atoms with van der Waals surface area (Å²) in [5.41, 5.74) is -0.896. The van der Waals surface area contributed by atoms with Crippen molar-refractivity contribution in [2.24, 2.45) is 5.92 Å². The van der Waals surface area contributed by atoms with E-state index in [4.69, 9.17) is 0 Å². The Bertz CT molecular complexity index is 1030. The number of hydrogen-bond donors (Lipinski definition) is 2. The molecule has 2 saturated heterocycles. The Hall–Kier alpha value is -2.93. The number of aromatic nitrogens is 1. The van der Waals surface area contributed by atoms with Crippen molar-refractivity contribution in [2.75, 3.05) is 31.1 Å². The molecule has 3 atom stereocenters. The first-order valence-electron chi connectivity index (χ1n) is 10.0. The monoisotopic (exact) mass is 435 g/mol. The Labute approximate surface area is 176 Å². The number of rotatable bonds is 3. The number of anilines is 1. The molecule has 2 unspecified atom stereocenters. The van der Waals surface area contributed by atoms with Crippen molar-refractivity contribution in [3.8, 4) is 6.07 Å². The summed E-state index contributed by atoms with van der Waals surface area (Å²) < 4.78 is 55.8. The van der Waals surface area contributed by atoms with Crippen LogP contribution >= 0.6 is 0 Å². The van der Waals surface area contributed by atoms with Gasteiger partial charge in [0.2, 0.25) is 5.67 Å². The van der Waals surface area contributed by atoms with Gasteiger partial charge in [0.15, 0.2) is 0 Å². The summed E-state index contributed by atoms with van der Waals surface area (Å²) in [6, 6.07) is 7.63. The molecule has 0 aliphatic carbocycles. The molecule has 2 fully saturated rings. The highest BCUT2D eigenvalue weighted by Crippen LogP contribution is 2.37. The number of benzene rings is 1. The number of pyridine rings is 1. The van der Waals surface area contributed by atoms with E-state index in [1.54, 1.807) is 18.2 Å². The number of nitriles is 1. The Morgan fingerprint density at radius 2 is 2.13 bits per heavy atom. The maximum absolute atomic E-state index is 14.8. The summed E-state index contributed by atoms with van der Waals surface area (Å²) in [4.78, 5) is 18.2. The highest BCUT2D eigenvalue weighted by atomic mass is 19.4. The third-order valence-corrected chi connectivity index (χ3v) is 5.97. The van der Waals surface area contributed by atoms with Crippen LogP contribution in [0, 0.1) is 17.2 Å². The number of alkyl halides is 4. The summed E-state index contributed by atoms with van der Waals surface area (Å²) >= 11 is 0. The summed E-state index contributed by atoms with van der Waals surface area (Å²) in [6.45, 7) is -0.00811. The molecule has 2 aromatic rings. The Morgan fingerprint density at radius 1 is 1.32 bits per heavy atom. The fraction of sp³-hybridized carbons (Fsp3) is 0.476. The van der Waals surface area contributed by atoms with E-state index in [9.17, 15) is 27.6 Å². The smallest absolute Gasteiger partial charge is 0.368 e. The molecule has 0 bridgehead atoms. The first kappa shape index (κ1) is 21.3. The van der Waals surface area contributed by atoms with E-state index in [-0.39, 0.29) is 32.5 Å². The van der Waals surface area contributed by atoms with Crippen molar-refractivity contribution in [3.05, 3.63) is 36.0 Å². The summed E-state index contributed by atoms with van der Waals surface area (Å²) in [5.74, 6) is -2.57. The molecule has 10 heteroatoms. The van der Waals surface area contributed by atoms with Gasteiger partial charge in [-0.3, -0.25) is 9.78 Å². The molecule has 2 aliphatic rings. The van der Waals surface area contributed by atoms with E-state index < -0.39 is 29.7 Å². The van der Waals surface area contributed by atoms with Crippen molar-refractivity contribution in [3.63, 3.8) is 0 Å². The fourth-order valence-electron chi connectivity index (χ4n) is 4.33. The third kappa shape index (κ3) is 4.14. The van der Waals surface area contributed by atoms with Crippen LogP contribution in [-0.2, 0) is 4.79 Å². The van der Waals surface area contributed by atoms with Gasteiger partial charge in [-0.1, -0.05) is 0 Å². The number of nitrogens with one attached hydrogen (secondary N) is 2. The zero-order chi connectivity index (χ0) is 22.2. The van der Waals surface area contributed by atoms with Gasteiger partial charge in [0, 0.05) is 49.4 Å². The number of carbonyl (C=O) groups is 1. The lowest BCUT2D eigenvalue weighted by molar-refractivity contribution is -0.178. The van der Waals surface area contributed by atoms with Crippen LogP contribution in [0.1, 0.15) is 18.4 Å². The second-order valence-corrected chi connectivity index (χ2v) is 8.09. The van der Waals surface area contributed by atoms with Gasteiger partial charge < -0.3 is 15.5 Å². The van der Waals surface area contributed by atoms with Gasteiger partial charge in [0.1, 0.15) is 6.07 Å². The number of fused-ring (bicyclic) bond motifs is 1. The summed E-state index contributed by atoms with van der Waals surface area (Å²) in [5, 5.41) is 15.1. The molecule has 0 saturated carbocycles. The number of amides is 1. The minimum Gasteiger partial charge on any atom is -0.368 e. The van der Waals surface area contributed by atoms with Crippen LogP contribution in [-0.4, -0.2) is 55.0 Å². The number of piperidine rings is 1. The molecule has 2 N–H and O–H groups in total. The van der Waals surface area contributed by atoms with Crippen LogP contribution in [0.4, 0.5) is 23.2 Å². The van der Waals surface area contributed by atoms with Gasteiger partial charge in [-0.25, -0.2) is 4.39 Å². The standard InChI is InChI=1S/C21H21F4N5O/c22-20(5-7-27-12-20)19(31)29-15-8-14(21(23,24)25)10-30(11-15)17-4-3-13(9-26)18-16(17)2-1-6-28-18/h1-4,6,14-15,27H,5,7-8,10-12H2,(H,29,31)/t14?,15-,20?/m1/s1. The van der Waals surface area contributed by atoms with Crippen LogP contribution in [0.5, 0.6) is 0 Å². The van der Waals surface area contributed by atoms with Crippen LogP contribution < -0.4 is 15.5 Å². The Kier molecular flexibility index (Phi) is 5.47. The van der Waals surface area contributed by atoms with E-state index in [0.717, 1.165) is 0 Å². The SMILES string of the molecule is N#Cc1ccc(N2CC(C(F)(F)F)C[C@@H](NC(=O)C3(F)CCNC3)C2)c2cccnc12. The van der Waals surface area contributed by atoms with Gasteiger partial charge in [0.25, 0.3) is 5.91 Å². The van der Waals surface area contributed by atoms with Crippen molar-refractivity contribution in [1.29, 1.82) is 5.26 Å². The maximum Gasteiger partial charge on any atom is 0.393 e. The van der Waals surface area contributed by atoms with E-state index in [0.29, 0.717) is 28.7 Å². The molecule has 1 aromatic heterocycles. The molecule has 0 spiro atoms. The Balaban J connectivity index is 1.65. The summed E-state index contributed by atoms with van der Waals surface area (Å²) in [6.07, 6.45) is -3.28. The van der Waals surface area contributed by atoms with Crippen molar-refractivity contribution in [1.82, 2.24) is 15.6 Å². The van der Waals surface area contributed by atoms with Crippen LogP contribution in [0.3, 0.4) is 0 Å². The summed E-state index contributed by atoms with van der Waals surface area (Å²) in [7, 11) is 0. The molecule has 3 heterocycles. The first-order valence-corrected chi connectivity index (χ1v) is 10.0. The second kappa shape index (κ2) is 7.96. The van der Waals surface area contributed by atoms with Crippen LogP contribution in [0.15, 0.2) is 30.5 Å². The van der Waals surface area contributed by atoms with Gasteiger partial charge in [0.05, 0.1) is 17.0 Å². The molecular formula is C21H21F4N5O. The Morgan fingerprint density at radius 3 is 2.81 bits per heavy atom. The average molecular weight is 435 g/mol. The number of hydrogen-bond acceptors (Lipinski definition) is 5. The highest BCUT2D eigenvalue weighted by molar-refractivity contribution is 5.95. The molecule has 0 radical (unpaired) electrons. The third-order valence-electron chi connectivity index (χ3n) is 5.97. The van der Waals surface area contributed by atoms with E-state index in [1.807, 2.05) is 6.07 Å². The average Bonchev–Trinajstić information content (AvgIpc) is 3.20. The number of carbonyl (C=O) groups excluding carboxylic acids is 1. The second-order valence-electron chi connectivity index (χ2n) is 8.09. The topological polar surface area (TPSA) is 81.0 Å². The van der Waals surface area contributed by atoms with Crippen molar-refractivity contribution < 1.29 is 22.4 Å². The predicted molar refractivity (Wildman–Crippen MR) is 106 cm³/mol. The highest BCUT2D eigenvalue weighted by Gasteiger charge is 2.47. The minimum atomic E-state index is -4.47. The zero-order valence-corrected chi connectivity index (χ0v) is 16.5. The zero-order valence-electron chi connectivity index (χ0n) is 16.5. The lowest BCUT2D eigenvalue weighted by Crippen LogP contribution is -2.57. The fourth-order valence-corrected chi connectivity index (χ4v) is 4.33. The first-order chi connectivity index (χ1) is 14.7. The predicted octanol–water partition coefficient (Wildman–Crippen LogP) is 2.68. The van der Waals surface area contributed by atoms with Gasteiger partial charge in [-0.15, -0.1) is 0 Å². The van der Waals surface area contributed by atoms with E-state index in [1.165, 1.54) is 17.2 Å². The molecular weight excluding hydrogens is 414 g/mol. The van der Waals surface area contributed by atoms with Gasteiger partial charge in [-0.05, 0) is 37.2 Å². The van der Waals surface area contributed by atoms with Crippen molar-refractivity contribution >= 4 is 22.5 Å². The van der Waals surface area contributed by atoms with Gasteiger partial charge in [-0.2, -0.15) is 18.4 Å². The minimum absolute atomic E-state index is 0.0100. The molecule has 31 heavy (non-hydrogen) atoms. The number of halogens is 4. The largest absolute Gasteiger partial charge is 0.393 e. The van der Waals surface area contributed by atoms with Crippen LogP contribution in [0.2, 0.25) is 0 Å². The number of nitrogens with zero attached hydrogens (tertiary/aromatic N) is 3. The molecule has 164 valence electrons. The normalized spacial score (nSPS) is 26.6. The molecule has 1 aromatic carbocycles. The maximum atomic E-state index is 14.8. The molecule has 6 nitrogen and oxygen atoms in total. The van der Waals surface area contributed by atoms with Gasteiger partial charge >= 0.3 is 6.18 Å².